The maximum Gasteiger partial charge on any atom is 0.237 e. The lowest BCUT2D eigenvalue weighted by Gasteiger charge is -2.14. The molecular weight excluding hydrogens is 424 g/mol. The van der Waals surface area contributed by atoms with Crippen LogP contribution in [0, 0.1) is 6.92 Å². The summed E-state index contributed by atoms with van der Waals surface area (Å²) in [5, 5.41) is 12.1. The third-order valence-electron chi connectivity index (χ3n) is 4.99. The topological polar surface area (TPSA) is 82.2 Å². The molecule has 4 rings (SSSR count). The number of furan rings is 1. The van der Waals surface area contributed by atoms with Crippen molar-refractivity contribution in [3.8, 4) is 17.1 Å². The van der Waals surface area contributed by atoms with Crippen LogP contribution in [0.2, 0.25) is 0 Å². The summed E-state index contributed by atoms with van der Waals surface area (Å²) >= 11 is 1.36. The van der Waals surface area contributed by atoms with E-state index >= 15 is 0 Å². The molecule has 0 bridgehead atoms. The fourth-order valence-corrected chi connectivity index (χ4v) is 4.06. The number of carbonyl (C=O) groups is 1. The van der Waals surface area contributed by atoms with Crippen LogP contribution in [0.5, 0.6) is 5.75 Å². The Balaban J connectivity index is 1.60. The van der Waals surface area contributed by atoms with Crippen LogP contribution in [0.25, 0.3) is 11.4 Å². The number of hydrogen-bond acceptors (Lipinski definition) is 6. The zero-order valence-electron chi connectivity index (χ0n) is 18.1. The standard InChI is InChI=1S/C24H24N4O3S/c1-16-8-4-5-12-21(16)25-23(29)17(2)32-24-27-26-22(18-9-6-10-19(14-18)30-3)28(24)15-20-11-7-13-31-20/h4-14,17H,15H2,1-3H3,(H,25,29). The van der Waals surface area contributed by atoms with E-state index in [-0.39, 0.29) is 11.2 Å². The molecule has 1 atom stereocenters. The number of nitrogens with zero attached hydrogens (tertiary/aromatic N) is 3. The molecule has 1 unspecified atom stereocenters. The van der Waals surface area contributed by atoms with E-state index in [4.69, 9.17) is 9.15 Å². The molecule has 0 radical (unpaired) electrons. The first kappa shape index (κ1) is 21.7. The Bertz CT molecular complexity index is 1200. The number of carbonyl (C=O) groups excluding carboxylic acids is 1. The Labute approximate surface area is 190 Å². The molecule has 0 aliphatic rings. The summed E-state index contributed by atoms with van der Waals surface area (Å²) in [5.74, 6) is 2.08. The molecule has 0 spiro atoms. The third kappa shape index (κ3) is 4.86. The van der Waals surface area contributed by atoms with E-state index in [0.29, 0.717) is 17.5 Å². The highest BCUT2D eigenvalue weighted by molar-refractivity contribution is 8.00. The van der Waals surface area contributed by atoms with Gasteiger partial charge in [-0.15, -0.1) is 10.2 Å². The molecule has 2 aromatic carbocycles. The molecule has 164 valence electrons. The highest BCUT2D eigenvalue weighted by Gasteiger charge is 2.22. The smallest absolute Gasteiger partial charge is 0.237 e. The molecule has 0 aliphatic carbocycles. The van der Waals surface area contributed by atoms with Crippen LogP contribution in [0.3, 0.4) is 0 Å². The molecule has 2 heterocycles. The maximum atomic E-state index is 12.8. The number of benzene rings is 2. The van der Waals surface area contributed by atoms with Gasteiger partial charge in [-0.25, -0.2) is 0 Å². The van der Waals surface area contributed by atoms with Crippen LogP contribution < -0.4 is 10.1 Å². The number of methoxy groups -OCH3 is 1. The second kappa shape index (κ2) is 9.74. The van der Waals surface area contributed by atoms with Gasteiger partial charge in [-0.3, -0.25) is 9.36 Å². The Morgan fingerprint density at radius 1 is 1.16 bits per heavy atom. The first-order valence-electron chi connectivity index (χ1n) is 10.2. The number of hydrogen-bond donors (Lipinski definition) is 1. The highest BCUT2D eigenvalue weighted by atomic mass is 32.2. The molecule has 7 nitrogen and oxygen atoms in total. The molecular formula is C24H24N4O3S. The minimum absolute atomic E-state index is 0.0974. The van der Waals surface area contributed by atoms with Crippen LogP contribution in [0.4, 0.5) is 5.69 Å². The fraction of sp³-hybridized carbons (Fsp3) is 0.208. The number of anilines is 1. The highest BCUT2D eigenvalue weighted by Crippen LogP contribution is 2.30. The number of amides is 1. The Morgan fingerprint density at radius 2 is 2.00 bits per heavy atom. The van der Waals surface area contributed by atoms with Gasteiger partial charge in [0.1, 0.15) is 11.5 Å². The van der Waals surface area contributed by atoms with Gasteiger partial charge in [0.05, 0.1) is 25.2 Å². The number of para-hydroxylation sites is 1. The van der Waals surface area contributed by atoms with Gasteiger partial charge in [-0.05, 0) is 49.7 Å². The molecule has 0 saturated carbocycles. The molecule has 0 saturated heterocycles. The monoisotopic (exact) mass is 448 g/mol. The van der Waals surface area contributed by atoms with Crippen LogP contribution >= 0.6 is 11.8 Å². The molecule has 8 heteroatoms. The van der Waals surface area contributed by atoms with E-state index in [0.717, 1.165) is 28.3 Å². The van der Waals surface area contributed by atoms with Gasteiger partial charge in [0, 0.05) is 11.3 Å². The number of ether oxygens (including phenoxy) is 1. The molecule has 32 heavy (non-hydrogen) atoms. The van der Waals surface area contributed by atoms with E-state index in [1.807, 2.05) is 79.1 Å². The van der Waals surface area contributed by atoms with Gasteiger partial charge < -0.3 is 14.5 Å². The second-order valence-electron chi connectivity index (χ2n) is 7.27. The average Bonchev–Trinajstić information content (AvgIpc) is 3.46. The normalized spacial score (nSPS) is 11.8. The summed E-state index contributed by atoms with van der Waals surface area (Å²) in [7, 11) is 1.63. The van der Waals surface area contributed by atoms with Gasteiger partial charge in [0.25, 0.3) is 0 Å². The van der Waals surface area contributed by atoms with Gasteiger partial charge >= 0.3 is 0 Å². The van der Waals surface area contributed by atoms with E-state index in [1.54, 1.807) is 13.4 Å². The maximum absolute atomic E-state index is 12.8. The summed E-state index contributed by atoms with van der Waals surface area (Å²) in [6, 6.07) is 19.1. The van der Waals surface area contributed by atoms with E-state index in [2.05, 4.69) is 15.5 Å². The molecule has 1 N–H and O–H groups in total. The zero-order valence-corrected chi connectivity index (χ0v) is 18.9. The van der Waals surface area contributed by atoms with Crippen molar-refractivity contribution in [1.82, 2.24) is 14.8 Å². The molecule has 1 amide bonds. The lowest BCUT2D eigenvalue weighted by molar-refractivity contribution is -0.115. The molecule has 4 aromatic rings. The second-order valence-corrected chi connectivity index (χ2v) is 8.58. The lowest BCUT2D eigenvalue weighted by atomic mass is 10.2. The van der Waals surface area contributed by atoms with Crippen molar-refractivity contribution in [3.63, 3.8) is 0 Å². The first-order chi connectivity index (χ1) is 15.5. The SMILES string of the molecule is COc1cccc(-c2nnc(SC(C)C(=O)Nc3ccccc3C)n2Cc2ccco2)c1. The first-order valence-corrected chi connectivity index (χ1v) is 11.1. The molecule has 2 aromatic heterocycles. The van der Waals surface area contributed by atoms with Crippen molar-refractivity contribution in [2.45, 2.75) is 30.8 Å². The largest absolute Gasteiger partial charge is 0.497 e. The van der Waals surface area contributed by atoms with Crippen LogP contribution in [0.1, 0.15) is 18.2 Å². The number of rotatable bonds is 8. The fourth-order valence-electron chi connectivity index (χ4n) is 3.21. The molecule has 0 aliphatic heterocycles. The summed E-state index contributed by atoms with van der Waals surface area (Å²) < 4.78 is 12.9. The van der Waals surface area contributed by atoms with Crippen LogP contribution in [-0.2, 0) is 11.3 Å². The zero-order chi connectivity index (χ0) is 22.5. The van der Waals surface area contributed by atoms with Gasteiger partial charge in [-0.1, -0.05) is 42.1 Å². The van der Waals surface area contributed by atoms with Crippen molar-refractivity contribution in [2.24, 2.45) is 0 Å². The lowest BCUT2D eigenvalue weighted by Crippen LogP contribution is -2.23. The predicted octanol–water partition coefficient (Wildman–Crippen LogP) is 5.02. The van der Waals surface area contributed by atoms with Crippen molar-refractivity contribution in [3.05, 3.63) is 78.3 Å². The quantitative estimate of drug-likeness (QED) is 0.381. The van der Waals surface area contributed by atoms with Crippen molar-refractivity contribution >= 4 is 23.4 Å². The summed E-state index contributed by atoms with van der Waals surface area (Å²) in [5.41, 5.74) is 2.69. The number of nitrogens with one attached hydrogen (secondary N) is 1. The summed E-state index contributed by atoms with van der Waals surface area (Å²) in [6.45, 7) is 4.27. The Hall–Kier alpha value is -3.52. The third-order valence-corrected chi connectivity index (χ3v) is 6.07. The number of thioether (sulfide) groups is 1. The van der Waals surface area contributed by atoms with Crippen molar-refractivity contribution in [2.75, 3.05) is 12.4 Å². The summed E-state index contributed by atoms with van der Waals surface area (Å²) in [6.07, 6.45) is 1.63. The number of aromatic nitrogens is 3. The van der Waals surface area contributed by atoms with Crippen LogP contribution in [0.15, 0.2) is 76.5 Å². The Kier molecular flexibility index (Phi) is 6.61. The van der Waals surface area contributed by atoms with Gasteiger partial charge in [0.15, 0.2) is 11.0 Å². The Morgan fingerprint density at radius 3 is 2.75 bits per heavy atom. The van der Waals surface area contributed by atoms with Crippen LogP contribution in [-0.4, -0.2) is 33.0 Å². The van der Waals surface area contributed by atoms with E-state index < -0.39 is 0 Å². The molecule has 0 fully saturated rings. The predicted molar refractivity (Wildman–Crippen MR) is 125 cm³/mol. The summed E-state index contributed by atoms with van der Waals surface area (Å²) in [4.78, 5) is 12.8. The van der Waals surface area contributed by atoms with Gasteiger partial charge in [0.2, 0.25) is 5.91 Å². The van der Waals surface area contributed by atoms with Crippen molar-refractivity contribution in [1.29, 1.82) is 0 Å². The van der Waals surface area contributed by atoms with E-state index in [9.17, 15) is 4.79 Å². The average molecular weight is 449 g/mol. The minimum Gasteiger partial charge on any atom is -0.497 e. The minimum atomic E-state index is -0.382. The van der Waals surface area contributed by atoms with Crippen molar-refractivity contribution < 1.29 is 13.9 Å². The van der Waals surface area contributed by atoms with E-state index in [1.165, 1.54) is 11.8 Å². The number of aryl methyl sites for hydroxylation is 1. The van der Waals surface area contributed by atoms with Gasteiger partial charge in [-0.2, -0.15) is 0 Å².